The molecule has 0 aromatic carbocycles. The minimum atomic E-state index is -4.99. The number of rotatable bonds is 74. The fourth-order valence-electron chi connectivity index (χ4n) is 10.5. The highest BCUT2D eigenvalue weighted by Gasteiger charge is 2.30. The van der Waals surface area contributed by atoms with Crippen LogP contribution < -0.4 is 0 Å². The zero-order chi connectivity index (χ0) is 73.2. The fourth-order valence-corrected chi connectivity index (χ4v) is 12.0. The molecule has 0 aromatic rings. The van der Waals surface area contributed by atoms with Crippen molar-refractivity contribution in [2.75, 3.05) is 39.6 Å². The number of hydrogen-bond acceptors (Lipinski definition) is 15. The molecule has 2 unspecified atom stereocenters. The van der Waals surface area contributed by atoms with E-state index >= 15 is 0 Å². The first-order chi connectivity index (χ1) is 48.7. The largest absolute Gasteiger partial charge is 0.472 e. The van der Waals surface area contributed by atoms with Gasteiger partial charge in [-0.1, -0.05) is 285 Å². The van der Waals surface area contributed by atoms with Crippen LogP contribution in [-0.4, -0.2) is 96.7 Å². The van der Waals surface area contributed by atoms with Crippen LogP contribution in [0.2, 0.25) is 0 Å². The quantitative estimate of drug-likeness (QED) is 0.0128. The van der Waals surface area contributed by atoms with Crippen molar-refractivity contribution in [3.8, 4) is 0 Å². The van der Waals surface area contributed by atoms with Gasteiger partial charge in [-0.3, -0.25) is 37.3 Å². The van der Waals surface area contributed by atoms with Gasteiger partial charge in [0.05, 0.1) is 26.4 Å². The molecule has 100 heavy (non-hydrogen) atoms. The van der Waals surface area contributed by atoms with Crippen LogP contribution in [0.1, 0.15) is 336 Å². The van der Waals surface area contributed by atoms with Gasteiger partial charge in [0.25, 0.3) is 0 Å². The Morgan fingerprint density at radius 3 is 0.880 bits per heavy atom. The average Bonchev–Trinajstić information content (AvgIpc) is 1.22. The van der Waals surface area contributed by atoms with Crippen molar-refractivity contribution in [2.45, 2.75) is 354 Å². The van der Waals surface area contributed by atoms with Crippen molar-refractivity contribution in [2.24, 2.45) is 0 Å². The maximum atomic E-state index is 13.1. The van der Waals surface area contributed by atoms with Crippen molar-refractivity contribution in [3.63, 3.8) is 0 Å². The predicted molar refractivity (Wildman–Crippen MR) is 409 cm³/mol. The lowest BCUT2D eigenvalue weighted by Gasteiger charge is -2.21. The van der Waals surface area contributed by atoms with Gasteiger partial charge in [-0.25, -0.2) is 9.13 Å². The van der Waals surface area contributed by atoms with Gasteiger partial charge in [0.15, 0.2) is 12.2 Å². The van der Waals surface area contributed by atoms with Gasteiger partial charge in [-0.15, -0.1) is 0 Å². The minimum Gasteiger partial charge on any atom is -0.462 e. The summed E-state index contributed by atoms with van der Waals surface area (Å²) >= 11 is 0. The van der Waals surface area contributed by atoms with Crippen molar-refractivity contribution < 1.29 is 80.2 Å². The topological polar surface area (TPSA) is 237 Å². The average molecular weight is 1450 g/mol. The second-order valence-corrected chi connectivity index (χ2v) is 29.2. The molecule has 0 spiro atoms. The van der Waals surface area contributed by atoms with Gasteiger partial charge in [0.2, 0.25) is 0 Å². The Morgan fingerprint density at radius 1 is 0.290 bits per heavy atom. The number of carbonyl (C=O) groups excluding carboxylic acids is 4. The number of aliphatic hydroxyl groups is 1. The summed E-state index contributed by atoms with van der Waals surface area (Å²) in [6.45, 7) is 4.74. The highest BCUT2D eigenvalue weighted by molar-refractivity contribution is 7.47. The fraction of sp³-hybridized carbons (Fsp3) is 0.753. The highest BCUT2D eigenvalue weighted by Crippen LogP contribution is 2.45. The molecule has 0 rings (SSSR count). The standard InChI is InChI=1S/C81H142O17P2/c1-5-9-13-17-21-25-29-33-36-37-40-44-48-52-56-60-64-68-81(86)98-77(72-92-79(84)66-62-58-54-50-46-42-38-34-30-26-22-18-14-10-6-2)74-96-100(89,90)94-70-75(82)69-93-99(87,88)95-73-76(71-91-78(83)65-61-57-53-49-45-41-32-28-24-20-16-12-8-4)97-80(85)67-63-59-55-51-47-43-39-35-31-27-23-19-15-11-7-3/h21,23,25-27,30,33-36,38-40,44,52,56,75-77,82H,5-20,22,24,28-29,31-32,37,41-43,45-51,53-55,57-74H2,1-4H3,(H,87,88)(H,89,90)/b25-21-,27-23-,30-26-,36-33-,38-34-,39-35-,44-40-,56-52-/t75-,76-,77-/m1/s1. The first kappa shape index (κ1) is 96.0. The molecule has 0 amide bonds. The summed E-state index contributed by atoms with van der Waals surface area (Å²) in [4.78, 5) is 72.9. The van der Waals surface area contributed by atoms with Crippen LogP contribution in [0.15, 0.2) is 97.2 Å². The number of carbonyl (C=O) groups is 4. The second-order valence-electron chi connectivity index (χ2n) is 26.3. The molecule has 0 bridgehead atoms. The summed E-state index contributed by atoms with van der Waals surface area (Å²) in [5.41, 5.74) is 0. The summed E-state index contributed by atoms with van der Waals surface area (Å²) in [7, 11) is -9.97. The summed E-state index contributed by atoms with van der Waals surface area (Å²) in [6.07, 6.45) is 76.8. The first-order valence-corrected chi connectivity index (χ1v) is 42.5. The van der Waals surface area contributed by atoms with E-state index in [0.717, 1.165) is 128 Å². The van der Waals surface area contributed by atoms with Crippen LogP contribution in [0.25, 0.3) is 0 Å². The summed E-state index contributed by atoms with van der Waals surface area (Å²) in [5.74, 6) is -2.26. The Labute approximate surface area is 607 Å². The SMILES string of the molecule is CCCCC/C=C\C/C=C\C/C=C\C/C=C\CCCC(=O)O[C@H](COC(=O)CCCCCCC/C=C\C=C/CCCCCC)COP(=O)(O)OC[C@H](O)COP(=O)(O)OC[C@@H](COC(=O)CCCCCCCCCCCCCCC)OC(=O)CCCCCCC/C=C\C/C=C\CCCCC. The smallest absolute Gasteiger partial charge is 0.462 e. The van der Waals surface area contributed by atoms with E-state index in [2.05, 4.69) is 113 Å². The molecule has 3 N–H and O–H groups in total. The van der Waals surface area contributed by atoms with Gasteiger partial charge >= 0.3 is 39.5 Å². The monoisotopic (exact) mass is 1450 g/mol. The molecule has 5 atom stereocenters. The van der Waals surface area contributed by atoms with E-state index < -0.39 is 97.5 Å². The van der Waals surface area contributed by atoms with Crippen LogP contribution in [-0.2, 0) is 65.4 Å². The molecule has 0 heterocycles. The molecule has 0 aliphatic heterocycles. The lowest BCUT2D eigenvalue weighted by Crippen LogP contribution is -2.30. The van der Waals surface area contributed by atoms with Crippen molar-refractivity contribution in [1.82, 2.24) is 0 Å². The molecular weight excluding hydrogens is 1310 g/mol. The highest BCUT2D eigenvalue weighted by atomic mass is 31.2. The Kier molecular flexibility index (Phi) is 70.4. The van der Waals surface area contributed by atoms with Crippen molar-refractivity contribution in [3.05, 3.63) is 97.2 Å². The molecule has 0 radical (unpaired) electrons. The molecular formula is C81H142O17P2. The van der Waals surface area contributed by atoms with Crippen LogP contribution in [0.5, 0.6) is 0 Å². The normalized spacial score (nSPS) is 14.4. The number of hydrogen-bond donors (Lipinski definition) is 3. The van der Waals surface area contributed by atoms with E-state index in [0.29, 0.717) is 32.1 Å². The second kappa shape index (κ2) is 73.3. The predicted octanol–water partition coefficient (Wildman–Crippen LogP) is 22.8. The number of allylic oxidation sites excluding steroid dienone is 16. The lowest BCUT2D eigenvalue weighted by molar-refractivity contribution is -0.161. The molecule has 17 nitrogen and oxygen atoms in total. The van der Waals surface area contributed by atoms with Crippen LogP contribution in [0, 0.1) is 0 Å². The van der Waals surface area contributed by atoms with Crippen molar-refractivity contribution in [1.29, 1.82) is 0 Å². The van der Waals surface area contributed by atoms with E-state index in [-0.39, 0.29) is 25.7 Å². The van der Waals surface area contributed by atoms with Crippen molar-refractivity contribution >= 4 is 39.5 Å². The number of esters is 4. The number of ether oxygens (including phenoxy) is 4. The van der Waals surface area contributed by atoms with Gasteiger partial charge in [-0.2, -0.15) is 0 Å². The number of phosphoric acid groups is 2. The Morgan fingerprint density at radius 2 is 0.530 bits per heavy atom. The molecule has 0 saturated heterocycles. The molecule has 0 aliphatic carbocycles. The maximum absolute atomic E-state index is 13.1. The van der Waals surface area contributed by atoms with Crippen LogP contribution in [0.4, 0.5) is 0 Å². The molecule has 0 saturated carbocycles. The summed E-state index contributed by atoms with van der Waals surface area (Å²) in [6, 6.07) is 0. The third-order valence-corrected chi connectivity index (χ3v) is 18.4. The molecule has 0 aromatic heterocycles. The van der Waals surface area contributed by atoms with Gasteiger partial charge in [0.1, 0.15) is 19.3 Å². The van der Waals surface area contributed by atoms with Gasteiger partial charge in [0, 0.05) is 25.7 Å². The zero-order valence-corrected chi connectivity index (χ0v) is 64.9. The molecule has 19 heteroatoms. The van der Waals surface area contributed by atoms with Crippen LogP contribution >= 0.6 is 15.6 Å². The maximum Gasteiger partial charge on any atom is 0.472 e. The zero-order valence-electron chi connectivity index (χ0n) is 63.1. The van der Waals surface area contributed by atoms with E-state index in [4.69, 9.17) is 37.0 Å². The van der Waals surface area contributed by atoms with E-state index in [9.17, 15) is 43.2 Å². The third kappa shape index (κ3) is 72.3. The Bertz CT molecular complexity index is 2270. The van der Waals surface area contributed by atoms with E-state index in [1.807, 2.05) is 12.2 Å². The summed E-state index contributed by atoms with van der Waals surface area (Å²) < 4.78 is 68.5. The molecule has 0 aliphatic rings. The van der Waals surface area contributed by atoms with Crippen LogP contribution in [0.3, 0.4) is 0 Å². The van der Waals surface area contributed by atoms with E-state index in [1.54, 1.807) is 0 Å². The van der Waals surface area contributed by atoms with E-state index in [1.165, 1.54) is 122 Å². The van der Waals surface area contributed by atoms with Gasteiger partial charge < -0.3 is 33.8 Å². The summed E-state index contributed by atoms with van der Waals surface area (Å²) in [5, 5.41) is 10.6. The number of unbranched alkanes of at least 4 members (excludes halogenated alkanes) is 33. The third-order valence-electron chi connectivity index (χ3n) is 16.5. The first-order valence-electron chi connectivity index (χ1n) is 39.5. The van der Waals surface area contributed by atoms with Gasteiger partial charge in [-0.05, 0) is 122 Å². The Hall–Kier alpha value is -4.02. The lowest BCUT2D eigenvalue weighted by atomic mass is 10.0. The number of aliphatic hydroxyl groups excluding tert-OH is 1. The Balaban J connectivity index is 5.42. The molecule has 578 valence electrons. The molecule has 0 fully saturated rings. The number of phosphoric ester groups is 2. The minimum absolute atomic E-state index is 0.0157.